The summed E-state index contributed by atoms with van der Waals surface area (Å²) in [4.78, 5) is 13.4. The van der Waals surface area contributed by atoms with Crippen LogP contribution < -0.4 is 9.80 Å². The van der Waals surface area contributed by atoms with Gasteiger partial charge in [-0.3, -0.25) is 0 Å². The SMILES string of the molecule is c1ccc(N(c2ccccc2)c2ccc3c(c2)c2cc(N(c4ccccc4)c4ccccc4)ccc2n3-c2ccc3oc4cncnc4c3c2)cc1. The summed E-state index contributed by atoms with van der Waals surface area (Å²) in [5, 5.41) is 3.25. The van der Waals surface area contributed by atoms with Crippen LogP contribution in [-0.2, 0) is 0 Å². The van der Waals surface area contributed by atoms with Gasteiger partial charge in [0.2, 0.25) is 0 Å². The van der Waals surface area contributed by atoms with Gasteiger partial charge in [0.1, 0.15) is 17.4 Å². The van der Waals surface area contributed by atoms with Gasteiger partial charge in [-0.2, -0.15) is 0 Å². The van der Waals surface area contributed by atoms with Gasteiger partial charge in [0.15, 0.2) is 5.58 Å². The van der Waals surface area contributed by atoms with E-state index in [2.05, 4.69) is 194 Å². The average molecular weight is 670 g/mol. The molecule has 0 spiro atoms. The van der Waals surface area contributed by atoms with Gasteiger partial charge in [-0.1, -0.05) is 72.8 Å². The summed E-state index contributed by atoms with van der Waals surface area (Å²) in [6, 6.07) is 62.1. The molecule has 246 valence electrons. The predicted molar refractivity (Wildman–Crippen MR) is 213 cm³/mol. The number of benzene rings is 7. The molecule has 0 fully saturated rings. The molecule has 0 atom stereocenters. The zero-order valence-corrected chi connectivity index (χ0v) is 28.0. The van der Waals surface area contributed by atoms with Gasteiger partial charge in [0.05, 0.1) is 17.2 Å². The Kier molecular flexibility index (Phi) is 7.03. The summed E-state index contributed by atoms with van der Waals surface area (Å²) in [7, 11) is 0. The van der Waals surface area contributed by atoms with Gasteiger partial charge in [-0.25, -0.2) is 9.97 Å². The summed E-state index contributed by atoms with van der Waals surface area (Å²) in [5.74, 6) is 0. The van der Waals surface area contributed by atoms with E-state index in [0.29, 0.717) is 5.58 Å². The van der Waals surface area contributed by atoms with Crippen molar-refractivity contribution in [3.63, 3.8) is 0 Å². The van der Waals surface area contributed by atoms with Crippen molar-refractivity contribution in [1.82, 2.24) is 14.5 Å². The van der Waals surface area contributed by atoms with Crippen molar-refractivity contribution in [2.75, 3.05) is 9.80 Å². The van der Waals surface area contributed by atoms with E-state index in [1.165, 1.54) is 0 Å². The molecule has 10 aromatic rings. The Balaban J connectivity index is 1.24. The molecule has 0 unspecified atom stereocenters. The molecule has 0 saturated heterocycles. The lowest BCUT2D eigenvalue weighted by atomic mass is 10.1. The van der Waals surface area contributed by atoms with E-state index >= 15 is 0 Å². The van der Waals surface area contributed by atoms with Crippen LogP contribution in [0.2, 0.25) is 0 Å². The largest absolute Gasteiger partial charge is 0.453 e. The Morgan fingerprint density at radius 1 is 0.423 bits per heavy atom. The van der Waals surface area contributed by atoms with E-state index in [1.54, 1.807) is 12.5 Å². The average Bonchev–Trinajstić information content (AvgIpc) is 3.74. The molecule has 0 aliphatic carbocycles. The number of para-hydroxylation sites is 4. The summed E-state index contributed by atoms with van der Waals surface area (Å²) >= 11 is 0. The zero-order valence-electron chi connectivity index (χ0n) is 28.0. The molecule has 0 bridgehead atoms. The van der Waals surface area contributed by atoms with Crippen LogP contribution >= 0.6 is 0 Å². The standard InChI is InChI=1S/C46H31N5O/c1-5-13-32(14-6-1)49(33-15-7-2-8-16-33)36-21-24-42-39(27-36)40-28-37(50(34-17-9-3-10-18-34)35-19-11-4-12-20-35)22-25-43(40)51(42)38-23-26-44-41(29-38)46-45(52-44)30-47-31-48-46/h1-31H. The maximum absolute atomic E-state index is 6.11. The lowest BCUT2D eigenvalue weighted by Crippen LogP contribution is -2.09. The van der Waals surface area contributed by atoms with Crippen molar-refractivity contribution in [2.45, 2.75) is 0 Å². The second-order valence-corrected chi connectivity index (χ2v) is 12.8. The fourth-order valence-corrected chi connectivity index (χ4v) is 7.40. The maximum atomic E-state index is 6.11. The molecular formula is C46H31N5O. The maximum Gasteiger partial charge on any atom is 0.172 e. The highest BCUT2D eigenvalue weighted by molar-refractivity contribution is 6.12. The van der Waals surface area contributed by atoms with Crippen molar-refractivity contribution >= 4 is 78.0 Å². The van der Waals surface area contributed by atoms with Gasteiger partial charge in [0.25, 0.3) is 0 Å². The molecule has 0 aliphatic heterocycles. The van der Waals surface area contributed by atoms with Crippen molar-refractivity contribution < 1.29 is 4.42 Å². The third-order valence-electron chi connectivity index (χ3n) is 9.68. The normalized spacial score (nSPS) is 11.5. The molecule has 0 N–H and O–H groups in total. The highest BCUT2D eigenvalue weighted by atomic mass is 16.3. The summed E-state index contributed by atoms with van der Waals surface area (Å²) < 4.78 is 8.46. The lowest BCUT2D eigenvalue weighted by molar-refractivity contribution is 0.665. The number of anilines is 6. The summed E-state index contributed by atoms with van der Waals surface area (Å²) in [6.45, 7) is 0. The van der Waals surface area contributed by atoms with Crippen LogP contribution in [0.4, 0.5) is 34.1 Å². The van der Waals surface area contributed by atoms with Crippen LogP contribution in [0.3, 0.4) is 0 Å². The number of furan rings is 1. The highest BCUT2D eigenvalue weighted by Gasteiger charge is 2.20. The van der Waals surface area contributed by atoms with E-state index in [4.69, 9.17) is 4.42 Å². The zero-order chi connectivity index (χ0) is 34.4. The van der Waals surface area contributed by atoms with E-state index < -0.39 is 0 Å². The number of nitrogens with zero attached hydrogens (tertiary/aromatic N) is 5. The Bertz CT molecular complexity index is 2630. The fourth-order valence-electron chi connectivity index (χ4n) is 7.40. The predicted octanol–water partition coefficient (Wildman–Crippen LogP) is 12.4. The first-order chi connectivity index (χ1) is 25.8. The first-order valence-corrected chi connectivity index (χ1v) is 17.3. The second-order valence-electron chi connectivity index (χ2n) is 12.8. The van der Waals surface area contributed by atoms with E-state index in [-0.39, 0.29) is 0 Å². The number of aromatic nitrogens is 3. The minimum absolute atomic E-state index is 0.676. The lowest BCUT2D eigenvalue weighted by Gasteiger charge is -2.26. The fraction of sp³-hybridized carbons (Fsp3) is 0. The first kappa shape index (κ1) is 29.7. The van der Waals surface area contributed by atoms with Crippen molar-refractivity contribution in [2.24, 2.45) is 0 Å². The van der Waals surface area contributed by atoms with E-state index in [1.807, 2.05) is 6.07 Å². The van der Waals surface area contributed by atoms with Crippen molar-refractivity contribution in [3.05, 3.63) is 188 Å². The van der Waals surface area contributed by atoms with Crippen LogP contribution in [-0.4, -0.2) is 14.5 Å². The molecule has 52 heavy (non-hydrogen) atoms. The molecule has 0 amide bonds. The third-order valence-corrected chi connectivity index (χ3v) is 9.68. The molecule has 3 aromatic heterocycles. The van der Waals surface area contributed by atoms with Crippen LogP contribution in [0.15, 0.2) is 193 Å². The van der Waals surface area contributed by atoms with Crippen molar-refractivity contribution in [3.8, 4) is 5.69 Å². The summed E-state index contributed by atoms with van der Waals surface area (Å²) in [6.07, 6.45) is 3.30. The summed E-state index contributed by atoms with van der Waals surface area (Å²) in [5.41, 5.74) is 12.0. The third kappa shape index (κ3) is 4.96. The van der Waals surface area contributed by atoms with Crippen LogP contribution in [0, 0.1) is 0 Å². The highest BCUT2D eigenvalue weighted by Crippen LogP contribution is 2.43. The molecular weight excluding hydrogens is 639 g/mol. The molecule has 0 aliphatic rings. The van der Waals surface area contributed by atoms with Crippen LogP contribution in [0.25, 0.3) is 49.6 Å². The Hall–Kier alpha value is -7.18. The Morgan fingerprint density at radius 3 is 1.38 bits per heavy atom. The van der Waals surface area contributed by atoms with E-state index in [0.717, 1.165) is 78.1 Å². The smallest absolute Gasteiger partial charge is 0.172 e. The van der Waals surface area contributed by atoms with Crippen LogP contribution in [0.5, 0.6) is 0 Å². The molecule has 6 heteroatoms. The van der Waals surface area contributed by atoms with Crippen molar-refractivity contribution in [1.29, 1.82) is 0 Å². The van der Waals surface area contributed by atoms with Gasteiger partial charge in [0, 0.05) is 56.0 Å². The monoisotopic (exact) mass is 669 g/mol. The van der Waals surface area contributed by atoms with Gasteiger partial charge in [-0.05, 0) is 103 Å². The number of rotatable bonds is 7. The van der Waals surface area contributed by atoms with Gasteiger partial charge < -0.3 is 18.8 Å². The van der Waals surface area contributed by atoms with Gasteiger partial charge in [-0.15, -0.1) is 0 Å². The van der Waals surface area contributed by atoms with Crippen LogP contribution in [0.1, 0.15) is 0 Å². The minimum atomic E-state index is 0.676. The molecule has 0 radical (unpaired) electrons. The topological polar surface area (TPSA) is 50.3 Å². The molecule has 0 saturated carbocycles. The quantitative estimate of drug-likeness (QED) is 0.169. The molecule has 6 nitrogen and oxygen atoms in total. The Labute approximate surface area is 300 Å². The molecule has 10 rings (SSSR count). The minimum Gasteiger partial charge on any atom is -0.453 e. The molecule has 7 aromatic carbocycles. The second kappa shape index (κ2) is 12.3. The Morgan fingerprint density at radius 2 is 0.904 bits per heavy atom. The van der Waals surface area contributed by atoms with Gasteiger partial charge >= 0.3 is 0 Å². The van der Waals surface area contributed by atoms with E-state index in [9.17, 15) is 0 Å². The molecule has 3 heterocycles. The number of hydrogen-bond acceptors (Lipinski definition) is 5. The first-order valence-electron chi connectivity index (χ1n) is 17.3. The number of hydrogen-bond donors (Lipinski definition) is 0. The number of fused-ring (bicyclic) bond motifs is 6.